The smallest absolute Gasteiger partial charge is 0.255 e. The zero-order chi connectivity index (χ0) is 23.2. The van der Waals surface area contributed by atoms with Crippen molar-refractivity contribution in [1.29, 1.82) is 0 Å². The van der Waals surface area contributed by atoms with Crippen LogP contribution < -0.4 is 5.32 Å². The summed E-state index contributed by atoms with van der Waals surface area (Å²) in [6.45, 7) is 2.86. The summed E-state index contributed by atoms with van der Waals surface area (Å²) in [6, 6.07) is 8.01. The molecular weight excluding hydrogens is 464 g/mol. The normalized spacial score (nSPS) is 22.5. The van der Waals surface area contributed by atoms with E-state index < -0.39 is 22.0 Å². The standard InChI is InChI=1S/C22H24N4O5S2/c27-20-7-6-18(21(28)23-20)26-14-17-16(22(26)29)4-1-5-19(17)33(30,31)25-10-8-24(9-11-25)13-15-3-2-12-32-15/h1-5,12,18H,6-11,13-14H2,(H,23,27,28). The second kappa shape index (κ2) is 8.64. The summed E-state index contributed by atoms with van der Waals surface area (Å²) in [5.41, 5.74) is 0.727. The molecular formula is C22H24N4O5S2. The minimum absolute atomic E-state index is 0.0359. The lowest BCUT2D eigenvalue weighted by atomic mass is 10.0. The lowest BCUT2D eigenvalue weighted by molar-refractivity contribution is -0.136. The molecule has 0 spiro atoms. The Balaban J connectivity index is 1.34. The van der Waals surface area contributed by atoms with E-state index in [2.05, 4.69) is 16.3 Å². The highest BCUT2D eigenvalue weighted by Gasteiger charge is 2.42. The third-order valence-corrected chi connectivity index (χ3v) is 9.29. The molecule has 1 aromatic heterocycles. The van der Waals surface area contributed by atoms with Crippen molar-refractivity contribution in [3.8, 4) is 0 Å². The Hall–Kier alpha value is -2.60. The van der Waals surface area contributed by atoms with E-state index in [1.165, 1.54) is 20.1 Å². The maximum atomic E-state index is 13.5. The molecule has 33 heavy (non-hydrogen) atoms. The molecule has 1 unspecified atom stereocenters. The largest absolute Gasteiger partial charge is 0.322 e. The number of hydrogen-bond acceptors (Lipinski definition) is 7. The first kappa shape index (κ1) is 22.2. The van der Waals surface area contributed by atoms with Crippen LogP contribution in [0.4, 0.5) is 0 Å². The number of benzene rings is 1. The summed E-state index contributed by atoms with van der Waals surface area (Å²) < 4.78 is 28.5. The summed E-state index contributed by atoms with van der Waals surface area (Å²) >= 11 is 1.69. The topological polar surface area (TPSA) is 107 Å². The third kappa shape index (κ3) is 4.10. The van der Waals surface area contributed by atoms with Crippen LogP contribution in [-0.4, -0.2) is 72.5 Å². The van der Waals surface area contributed by atoms with Gasteiger partial charge in [0, 0.05) is 61.7 Å². The highest BCUT2D eigenvalue weighted by Crippen LogP contribution is 2.33. The van der Waals surface area contributed by atoms with Gasteiger partial charge in [0.05, 0.1) is 4.90 Å². The fourth-order valence-corrected chi connectivity index (χ4v) is 7.09. The van der Waals surface area contributed by atoms with Crippen LogP contribution >= 0.6 is 11.3 Å². The molecule has 9 nitrogen and oxygen atoms in total. The first-order valence-corrected chi connectivity index (χ1v) is 13.2. The van der Waals surface area contributed by atoms with Crippen molar-refractivity contribution in [3.63, 3.8) is 0 Å². The highest BCUT2D eigenvalue weighted by atomic mass is 32.2. The predicted molar refractivity (Wildman–Crippen MR) is 121 cm³/mol. The summed E-state index contributed by atoms with van der Waals surface area (Å²) in [6.07, 6.45) is 0.385. The molecule has 0 radical (unpaired) electrons. The van der Waals surface area contributed by atoms with Crippen molar-refractivity contribution < 1.29 is 22.8 Å². The number of piperidine rings is 1. The molecule has 2 fully saturated rings. The molecule has 1 N–H and O–H groups in total. The minimum atomic E-state index is -3.80. The summed E-state index contributed by atoms with van der Waals surface area (Å²) in [7, 11) is -3.80. The van der Waals surface area contributed by atoms with Crippen LogP contribution in [0.5, 0.6) is 0 Å². The molecule has 1 aromatic carbocycles. The van der Waals surface area contributed by atoms with Crippen LogP contribution in [0.3, 0.4) is 0 Å². The van der Waals surface area contributed by atoms with Crippen LogP contribution in [0.2, 0.25) is 0 Å². The molecule has 0 aliphatic carbocycles. The van der Waals surface area contributed by atoms with Crippen molar-refractivity contribution in [3.05, 3.63) is 51.7 Å². The maximum Gasteiger partial charge on any atom is 0.255 e. The minimum Gasteiger partial charge on any atom is -0.322 e. The number of amides is 3. The molecule has 0 bridgehead atoms. The molecule has 3 aliphatic heterocycles. The Kier molecular flexibility index (Phi) is 5.81. The number of nitrogens with zero attached hydrogens (tertiary/aromatic N) is 3. The molecule has 174 valence electrons. The molecule has 2 aromatic rings. The van der Waals surface area contributed by atoms with E-state index in [4.69, 9.17) is 0 Å². The fourth-order valence-electron chi connectivity index (χ4n) is 4.69. The lowest BCUT2D eigenvalue weighted by Crippen LogP contribution is -2.52. The van der Waals surface area contributed by atoms with Crippen molar-refractivity contribution in [1.82, 2.24) is 19.4 Å². The maximum absolute atomic E-state index is 13.5. The summed E-state index contributed by atoms with van der Waals surface area (Å²) in [5.74, 6) is -1.25. The van der Waals surface area contributed by atoms with Gasteiger partial charge in [-0.25, -0.2) is 8.42 Å². The molecule has 11 heteroatoms. The fraction of sp³-hybridized carbons (Fsp3) is 0.409. The number of hydrogen-bond donors (Lipinski definition) is 1. The van der Waals surface area contributed by atoms with Crippen LogP contribution in [0.1, 0.15) is 33.6 Å². The Labute approximate surface area is 196 Å². The third-order valence-electron chi connectivity index (χ3n) is 6.45. The van der Waals surface area contributed by atoms with Gasteiger partial charge in [0.25, 0.3) is 5.91 Å². The van der Waals surface area contributed by atoms with E-state index in [9.17, 15) is 22.8 Å². The van der Waals surface area contributed by atoms with Gasteiger partial charge in [-0.1, -0.05) is 12.1 Å². The Morgan fingerprint density at radius 3 is 2.52 bits per heavy atom. The van der Waals surface area contributed by atoms with Gasteiger partial charge in [0.1, 0.15) is 6.04 Å². The lowest BCUT2D eigenvalue weighted by Gasteiger charge is -2.34. The van der Waals surface area contributed by atoms with E-state index in [-0.39, 0.29) is 36.1 Å². The van der Waals surface area contributed by atoms with Gasteiger partial charge >= 0.3 is 0 Å². The van der Waals surface area contributed by atoms with Crippen molar-refractivity contribution >= 4 is 39.1 Å². The number of nitrogens with one attached hydrogen (secondary N) is 1. The zero-order valence-corrected chi connectivity index (χ0v) is 19.5. The molecule has 2 saturated heterocycles. The molecule has 4 heterocycles. The molecule has 3 amide bonds. The quantitative estimate of drug-likeness (QED) is 0.630. The number of piperazine rings is 1. The van der Waals surface area contributed by atoms with E-state index >= 15 is 0 Å². The van der Waals surface area contributed by atoms with Gasteiger partial charge in [-0.05, 0) is 30.0 Å². The first-order valence-electron chi connectivity index (χ1n) is 10.9. The van der Waals surface area contributed by atoms with Gasteiger partial charge in [-0.15, -0.1) is 11.3 Å². The number of imide groups is 1. The summed E-state index contributed by atoms with van der Waals surface area (Å²) in [5, 5.41) is 4.30. The molecule has 5 rings (SSSR count). The number of rotatable bonds is 5. The van der Waals surface area contributed by atoms with Crippen LogP contribution in [0.25, 0.3) is 0 Å². The molecule has 1 atom stereocenters. The Bertz CT molecular complexity index is 1200. The van der Waals surface area contributed by atoms with E-state index in [0.717, 1.165) is 6.54 Å². The number of carbonyl (C=O) groups excluding carboxylic acids is 3. The zero-order valence-electron chi connectivity index (χ0n) is 17.9. The van der Waals surface area contributed by atoms with Gasteiger partial charge in [0.2, 0.25) is 21.8 Å². The monoisotopic (exact) mass is 488 g/mol. The van der Waals surface area contributed by atoms with Crippen LogP contribution in [0, 0.1) is 0 Å². The highest BCUT2D eigenvalue weighted by molar-refractivity contribution is 7.89. The van der Waals surface area contributed by atoms with Gasteiger partial charge in [0.15, 0.2) is 0 Å². The second-order valence-corrected chi connectivity index (χ2v) is 11.4. The van der Waals surface area contributed by atoms with Gasteiger partial charge < -0.3 is 4.90 Å². The van der Waals surface area contributed by atoms with Crippen LogP contribution in [-0.2, 0) is 32.7 Å². The van der Waals surface area contributed by atoms with Crippen LogP contribution in [0.15, 0.2) is 40.6 Å². The van der Waals surface area contributed by atoms with Crippen molar-refractivity contribution in [2.45, 2.75) is 36.9 Å². The first-order chi connectivity index (χ1) is 15.8. The average Bonchev–Trinajstić information content (AvgIpc) is 3.42. The predicted octanol–water partition coefficient (Wildman–Crippen LogP) is 1.02. The number of sulfonamides is 1. The molecule has 0 saturated carbocycles. The number of thiophene rings is 1. The van der Waals surface area contributed by atoms with Gasteiger partial charge in [-0.2, -0.15) is 4.31 Å². The van der Waals surface area contributed by atoms with Crippen molar-refractivity contribution in [2.24, 2.45) is 0 Å². The number of fused-ring (bicyclic) bond motifs is 1. The summed E-state index contributed by atoms with van der Waals surface area (Å²) in [4.78, 5) is 41.8. The number of carbonyl (C=O) groups is 3. The Morgan fingerprint density at radius 2 is 1.82 bits per heavy atom. The van der Waals surface area contributed by atoms with E-state index in [1.54, 1.807) is 23.5 Å². The molecule has 3 aliphatic rings. The SMILES string of the molecule is O=C1CCC(N2Cc3c(cccc3S(=O)(=O)N3CCN(Cc4cccs4)CC3)C2=O)C(=O)N1. The van der Waals surface area contributed by atoms with E-state index in [1.807, 2.05) is 11.4 Å². The van der Waals surface area contributed by atoms with Crippen molar-refractivity contribution in [2.75, 3.05) is 26.2 Å². The second-order valence-electron chi connectivity index (χ2n) is 8.44. The van der Waals surface area contributed by atoms with E-state index in [0.29, 0.717) is 37.3 Å². The average molecular weight is 489 g/mol. The van der Waals surface area contributed by atoms with Gasteiger partial charge in [-0.3, -0.25) is 24.6 Å². The Morgan fingerprint density at radius 1 is 1.03 bits per heavy atom.